The first kappa shape index (κ1) is 9.77. The summed E-state index contributed by atoms with van der Waals surface area (Å²) in [5.74, 6) is 0.815. The van der Waals surface area contributed by atoms with Gasteiger partial charge in [0.2, 0.25) is 0 Å². The molecule has 0 spiro atoms. The van der Waals surface area contributed by atoms with E-state index in [-0.39, 0.29) is 0 Å². The van der Waals surface area contributed by atoms with Crippen LogP contribution in [0, 0.1) is 6.92 Å². The van der Waals surface area contributed by atoms with Crippen molar-refractivity contribution in [3.8, 4) is 0 Å². The van der Waals surface area contributed by atoms with Crippen LogP contribution in [0.3, 0.4) is 0 Å². The van der Waals surface area contributed by atoms with Crippen LogP contribution in [0.1, 0.15) is 17.9 Å². The summed E-state index contributed by atoms with van der Waals surface area (Å²) in [6.45, 7) is 1.93. The highest BCUT2D eigenvalue weighted by atomic mass is 16.5. The Hall–Kier alpha value is -1.77. The third-order valence-electron chi connectivity index (χ3n) is 2.37. The lowest BCUT2D eigenvalue weighted by Gasteiger charge is -2.01. The Kier molecular flexibility index (Phi) is 2.72. The molecular weight excluding hydrogens is 188 g/mol. The smallest absolute Gasteiger partial charge is 0.189 e. The molecular formula is C12H14N2O. The van der Waals surface area contributed by atoms with Crippen LogP contribution in [0.5, 0.6) is 0 Å². The van der Waals surface area contributed by atoms with E-state index in [1.165, 1.54) is 0 Å². The lowest BCUT2D eigenvalue weighted by molar-refractivity contribution is 0.406. The number of rotatable bonds is 2. The van der Waals surface area contributed by atoms with Gasteiger partial charge in [-0.2, -0.15) is 0 Å². The lowest BCUT2D eigenvalue weighted by Crippen LogP contribution is -1.92. The highest BCUT2D eigenvalue weighted by Gasteiger charge is 2.13. The molecule has 1 heterocycles. The minimum atomic E-state index is 0.815. The average Bonchev–Trinajstić information content (AvgIpc) is 2.48. The van der Waals surface area contributed by atoms with Crippen LogP contribution >= 0.6 is 0 Å². The summed E-state index contributed by atoms with van der Waals surface area (Å²) in [6, 6.07) is 0. The van der Waals surface area contributed by atoms with Gasteiger partial charge in [-0.1, -0.05) is 35.5 Å². The van der Waals surface area contributed by atoms with Crippen LogP contribution in [0.25, 0.3) is 5.57 Å². The Labute approximate surface area is 89.2 Å². The minimum Gasteiger partial charge on any atom is -0.383 e. The largest absolute Gasteiger partial charge is 0.383 e. The van der Waals surface area contributed by atoms with Gasteiger partial charge in [-0.15, -0.1) is 0 Å². The minimum absolute atomic E-state index is 0.815. The third-order valence-corrected chi connectivity index (χ3v) is 2.37. The van der Waals surface area contributed by atoms with Crippen LogP contribution in [0.15, 0.2) is 34.9 Å². The lowest BCUT2D eigenvalue weighted by atomic mass is 10.1. The predicted molar refractivity (Wildman–Crippen MR) is 61.7 cm³/mol. The number of anilines is 1. The molecule has 0 amide bonds. The maximum Gasteiger partial charge on any atom is 0.189 e. The fourth-order valence-corrected chi connectivity index (χ4v) is 1.61. The molecule has 2 rings (SSSR count). The van der Waals surface area contributed by atoms with Gasteiger partial charge in [0, 0.05) is 12.6 Å². The van der Waals surface area contributed by atoms with Gasteiger partial charge in [0.25, 0.3) is 0 Å². The van der Waals surface area contributed by atoms with Crippen molar-refractivity contribution >= 4 is 11.3 Å². The molecule has 0 unspecified atom stereocenters. The van der Waals surface area contributed by atoms with Crippen molar-refractivity contribution in [3.63, 3.8) is 0 Å². The topological polar surface area (TPSA) is 38.1 Å². The molecule has 1 aromatic rings. The zero-order chi connectivity index (χ0) is 10.7. The first-order valence-corrected chi connectivity index (χ1v) is 5.00. The van der Waals surface area contributed by atoms with Gasteiger partial charge in [-0.25, -0.2) is 0 Å². The fourth-order valence-electron chi connectivity index (χ4n) is 1.61. The van der Waals surface area contributed by atoms with Crippen LogP contribution in [-0.4, -0.2) is 12.2 Å². The molecule has 1 aromatic heterocycles. The Bertz CT molecular complexity index is 438. The molecule has 1 aliphatic carbocycles. The van der Waals surface area contributed by atoms with E-state index in [4.69, 9.17) is 4.52 Å². The van der Waals surface area contributed by atoms with Gasteiger partial charge in [0.1, 0.15) is 11.4 Å². The van der Waals surface area contributed by atoms with Gasteiger partial charge >= 0.3 is 0 Å². The number of aryl methyl sites for hydroxylation is 1. The van der Waals surface area contributed by atoms with Crippen molar-refractivity contribution in [2.24, 2.45) is 0 Å². The molecule has 3 nitrogen and oxygen atoms in total. The molecule has 1 aliphatic rings. The van der Waals surface area contributed by atoms with Crippen molar-refractivity contribution in [3.05, 3.63) is 41.8 Å². The summed E-state index contributed by atoms with van der Waals surface area (Å²) in [4.78, 5) is 0. The quantitative estimate of drug-likeness (QED) is 0.801. The number of allylic oxidation sites excluding steroid dienone is 6. The van der Waals surface area contributed by atoms with E-state index in [0.717, 1.165) is 29.1 Å². The van der Waals surface area contributed by atoms with E-state index >= 15 is 0 Å². The molecule has 0 atom stereocenters. The number of nitrogens with zero attached hydrogens (tertiary/aromatic N) is 1. The standard InChI is InChI=1S/C12H14N2O/c1-9-11(13-2)12(15-14-9)10-7-5-3-4-6-8-10/h3-5,7-8,13H,6H2,1-2H3. The van der Waals surface area contributed by atoms with E-state index in [9.17, 15) is 0 Å². The molecule has 0 radical (unpaired) electrons. The van der Waals surface area contributed by atoms with Gasteiger partial charge in [0.05, 0.1) is 0 Å². The summed E-state index contributed by atoms with van der Waals surface area (Å²) >= 11 is 0. The van der Waals surface area contributed by atoms with Gasteiger partial charge in [-0.3, -0.25) is 0 Å². The van der Waals surface area contributed by atoms with Crippen LogP contribution in [-0.2, 0) is 0 Å². The molecule has 3 heteroatoms. The maximum absolute atomic E-state index is 5.32. The molecule has 0 fully saturated rings. The number of hydrogen-bond donors (Lipinski definition) is 1. The highest BCUT2D eigenvalue weighted by Crippen LogP contribution is 2.28. The first-order valence-electron chi connectivity index (χ1n) is 5.00. The monoisotopic (exact) mass is 202 g/mol. The number of hydrogen-bond acceptors (Lipinski definition) is 3. The normalized spacial score (nSPS) is 14.9. The van der Waals surface area contributed by atoms with Crippen molar-refractivity contribution in [1.82, 2.24) is 5.16 Å². The predicted octanol–water partition coefficient (Wildman–Crippen LogP) is 2.92. The molecule has 0 saturated heterocycles. The SMILES string of the molecule is CNc1c(C)noc1C1=CCC=CC=C1. The van der Waals surface area contributed by atoms with E-state index in [0.29, 0.717) is 0 Å². The second kappa shape index (κ2) is 4.17. The van der Waals surface area contributed by atoms with Crippen LogP contribution in [0.2, 0.25) is 0 Å². The second-order valence-corrected chi connectivity index (χ2v) is 3.40. The summed E-state index contributed by atoms with van der Waals surface area (Å²) in [7, 11) is 1.88. The highest BCUT2D eigenvalue weighted by molar-refractivity contribution is 5.80. The van der Waals surface area contributed by atoms with Crippen molar-refractivity contribution in [2.75, 3.05) is 12.4 Å². The van der Waals surface area contributed by atoms with Crippen LogP contribution < -0.4 is 5.32 Å². The summed E-state index contributed by atoms with van der Waals surface area (Å²) in [5.41, 5.74) is 2.93. The zero-order valence-electron chi connectivity index (χ0n) is 8.95. The average molecular weight is 202 g/mol. The molecule has 15 heavy (non-hydrogen) atoms. The molecule has 78 valence electrons. The Morgan fingerprint density at radius 3 is 3.07 bits per heavy atom. The van der Waals surface area contributed by atoms with Gasteiger partial charge in [-0.05, 0) is 13.3 Å². The Morgan fingerprint density at radius 1 is 1.40 bits per heavy atom. The number of aromatic nitrogens is 1. The van der Waals surface area contributed by atoms with E-state index < -0.39 is 0 Å². The summed E-state index contributed by atoms with van der Waals surface area (Å²) < 4.78 is 5.32. The first-order chi connectivity index (χ1) is 7.33. The third kappa shape index (κ3) is 1.86. The zero-order valence-corrected chi connectivity index (χ0v) is 8.95. The van der Waals surface area contributed by atoms with E-state index in [1.807, 2.05) is 32.2 Å². The van der Waals surface area contributed by atoms with Gasteiger partial charge < -0.3 is 9.84 Å². The van der Waals surface area contributed by atoms with Gasteiger partial charge in [0.15, 0.2) is 5.76 Å². The molecule has 0 bridgehead atoms. The second-order valence-electron chi connectivity index (χ2n) is 3.40. The number of nitrogens with one attached hydrogen (secondary N) is 1. The summed E-state index contributed by atoms with van der Waals surface area (Å²) in [6.07, 6.45) is 11.2. The molecule has 0 aliphatic heterocycles. The van der Waals surface area contributed by atoms with E-state index in [1.54, 1.807) is 0 Å². The van der Waals surface area contributed by atoms with Crippen molar-refractivity contribution in [2.45, 2.75) is 13.3 Å². The molecule has 1 N–H and O–H groups in total. The maximum atomic E-state index is 5.32. The van der Waals surface area contributed by atoms with Crippen molar-refractivity contribution in [1.29, 1.82) is 0 Å². The van der Waals surface area contributed by atoms with E-state index in [2.05, 4.69) is 22.6 Å². The molecule has 0 aromatic carbocycles. The Balaban J connectivity index is 2.41. The van der Waals surface area contributed by atoms with Crippen molar-refractivity contribution < 1.29 is 4.52 Å². The van der Waals surface area contributed by atoms with Crippen LogP contribution in [0.4, 0.5) is 5.69 Å². The Morgan fingerprint density at radius 2 is 2.27 bits per heavy atom. The molecule has 0 saturated carbocycles. The fraction of sp³-hybridized carbons (Fsp3) is 0.250. The summed E-state index contributed by atoms with van der Waals surface area (Å²) in [5, 5.41) is 7.07.